The second kappa shape index (κ2) is 6.76. The van der Waals surface area contributed by atoms with E-state index in [0.29, 0.717) is 5.69 Å². The SMILES string of the molecule is Cc1cc(O)c(C(C)C)cc1NC(=O)c1cn(-c2ccccc2)nn1. The summed E-state index contributed by atoms with van der Waals surface area (Å²) in [6, 6.07) is 12.9. The molecule has 0 spiro atoms. The molecule has 6 nitrogen and oxygen atoms in total. The van der Waals surface area contributed by atoms with Crippen LogP contribution in [0.15, 0.2) is 48.7 Å². The van der Waals surface area contributed by atoms with Crippen molar-refractivity contribution >= 4 is 11.6 Å². The first-order valence-electron chi connectivity index (χ1n) is 8.08. The standard InChI is InChI=1S/C19H20N4O2/c1-12(2)15-10-16(13(3)9-18(15)24)20-19(25)17-11-23(22-21-17)14-7-5-4-6-8-14/h4-12,24H,1-3H3,(H,20,25). The summed E-state index contributed by atoms with van der Waals surface area (Å²) in [5.41, 5.74) is 3.28. The number of amides is 1. The normalized spacial score (nSPS) is 10.9. The lowest BCUT2D eigenvalue weighted by Crippen LogP contribution is -2.13. The summed E-state index contributed by atoms with van der Waals surface area (Å²) in [6.07, 6.45) is 1.59. The highest BCUT2D eigenvalue weighted by atomic mass is 16.3. The molecule has 0 aliphatic heterocycles. The van der Waals surface area contributed by atoms with Crippen molar-refractivity contribution < 1.29 is 9.90 Å². The lowest BCUT2D eigenvalue weighted by atomic mass is 9.99. The molecule has 3 aromatic rings. The number of para-hydroxylation sites is 1. The van der Waals surface area contributed by atoms with E-state index in [1.54, 1.807) is 23.0 Å². The number of phenols is 1. The fourth-order valence-electron chi connectivity index (χ4n) is 2.57. The molecule has 0 aliphatic carbocycles. The number of rotatable bonds is 4. The molecule has 0 radical (unpaired) electrons. The Labute approximate surface area is 146 Å². The molecule has 0 unspecified atom stereocenters. The fraction of sp³-hybridized carbons (Fsp3) is 0.211. The van der Waals surface area contributed by atoms with Crippen molar-refractivity contribution in [1.29, 1.82) is 0 Å². The number of carbonyl (C=O) groups excluding carboxylic acids is 1. The number of nitrogens with one attached hydrogen (secondary N) is 1. The predicted octanol–water partition coefficient (Wildman–Crippen LogP) is 3.66. The zero-order valence-corrected chi connectivity index (χ0v) is 14.4. The number of nitrogens with zero attached hydrogens (tertiary/aromatic N) is 3. The zero-order chi connectivity index (χ0) is 18.0. The Morgan fingerprint density at radius 2 is 1.92 bits per heavy atom. The van der Waals surface area contributed by atoms with Crippen LogP contribution in [0.5, 0.6) is 5.75 Å². The number of hydrogen-bond acceptors (Lipinski definition) is 4. The van der Waals surface area contributed by atoms with E-state index in [1.807, 2.05) is 51.1 Å². The number of hydrogen-bond donors (Lipinski definition) is 2. The van der Waals surface area contributed by atoms with Crippen LogP contribution in [0.4, 0.5) is 5.69 Å². The molecule has 1 amide bonds. The van der Waals surface area contributed by atoms with Crippen molar-refractivity contribution in [2.75, 3.05) is 5.32 Å². The molecule has 2 aromatic carbocycles. The number of carbonyl (C=O) groups is 1. The minimum Gasteiger partial charge on any atom is -0.508 e. The third-order valence-electron chi connectivity index (χ3n) is 3.99. The van der Waals surface area contributed by atoms with Gasteiger partial charge in [0, 0.05) is 5.69 Å². The molecule has 0 aliphatic rings. The highest BCUT2D eigenvalue weighted by Gasteiger charge is 2.15. The van der Waals surface area contributed by atoms with Crippen molar-refractivity contribution in [3.8, 4) is 11.4 Å². The maximum absolute atomic E-state index is 12.5. The van der Waals surface area contributed by atoms with Crippen LogP contribution >= 0.6 is 0 Å². The van der Waals surface area contributed by atoms with E-state index in [-0.39, 0.29) is 23.3 Å². The summed E-state index contributed by atoms with van der Waals surface area (Å²) < 4.78 is 1.55. The van der Waals surface area contributed by atoms with E-state index in [0.717, 1.165) is 16.8 Å². The Kier molecular flexibility index (Phi) is 4.52. The van der Waals surface area contributed by atoms with Crippen LogP contribution in [-0.2, 0) is 0 Å². The number of aryl methyl sites for hydroxylation is 1. The molecule has 0 saturated carbocycles. The first-order chi connectivity index (χ1) is 12.0. The van der Waals surface area contributed by atoms with Gasteiger partial charge in [0.1, 0.15) is 5.75 Å². The van der Waals surface area contributed by atoms with Crippen molar-refractivity contribution in [3.63, 3.8) is 0 Å². The summed E-state index contributed by atoms with van der Waals surface area (Å²) in [6.45, 7) is 5.81. The molecule has 0 bridgehead atoms. The summed E-state index contributed by atoms with van der Waals surface area (Å²) in [5.74, 6) is 0.0430. The summed E-state index contributed by atoms with van der Waals surface area (Å²) in [7, 11) is 0. The Hall–Kier alpha value is -3.15. The van der Waals surface area contributed by atoms with Crippen LogP contribution in [0.25, 0.3) is 5.69 Å². The quantitative estimate of drug-likeness (QED) is 0.713. The van der Waals surface area contributed by atoms with Crippen LogP contribution in [0.2, 0.25) is 0 Å². The molecule has 2 N–H and O–H groups in total. The molecule has 25 heavy (non-hydrogen) atoms. The van der Waals surface area contributed by atoms with Gasteiger partial charge in [-0.25, -0.2) is 4.68 Å². The molecule has 128 valence electrons. The van der Waals surface area contributed by atoms with Crippen molar-refractivity contribution in [3.05, 3.63) is 65.5 Å². The van der Waals surface area contributed by atoms with Gasteiger partial charge in [0.05, 0.1) is 11.9 Å². The van der Waals surface area contributed by atoms with Gasteiger partial charge in [-0.3, -0.25) is 4.79 Å². The van der Waals surface area contributed by atoms with Crippen molar-refractivity contribution in [2.24, 2.45) is 0 Å². The van der Waals surface area contributed by atoms with E-state index in [2.05, 4.69) is 15.6 Å². The number of phenolic OH excluding ortho intramolecular Hbond substituents is 1. The zero-order valence-electron chi connectivity index (χ0n) is 14.4. The Balaban J connectivity index is 1.84. The summed E-state index contributed by atoms with van der Waals surface area (Å²) >= 11 is 0. The second-order valence-electron chi connectivity index (χ2n) is 6.22. The summed E-state index contributed by atoms with van der Waals surface area (Å²) in [5, 5.41) is 20.8. The van der Waals surface area contributed by atoms with Gasteiger partial charge >= 0.3 is 0 Å². The Morgan fingerprint density at radius 1 is 1.20 bits per heavy atom. The van der Waals surface area contributed by atoms with Gasteiger partial charge in [-0.05, 0) is 48.2 Å². The monoisotopic (exact) mass is 336 g/mol. The van der Waals surface area contributed by atoms with Gasteiger partial charge in [0.25, 0.3) is 5.91 Å². The molecule has 0 saturated heterocycles. The average molecular weight is 336 g/mol. The average Bonchev–Trinajstić information content (AvgIpc) is 3.08. The minimum absolute atomic E-state index is 0.148. The topological polar surface area (TPSA) is 80.0 Å². The molecular weight excluding hydrogens is 316 g/mol. The molecule has 1 aromatic heterocycles. The van der Waals surface area contributed by atoms with Gasteiger partial charge < -0.3 is 10.4 Å². The smallest absolute Gasteiger partial charge is 0.277 e. The lowest BCUT2D eigenvalue weighted by molar-refractivity contribution is 0.102. The van der Waals surface area contributed by atoms with Crippen LogP contribution < -0.4 is 5.32 Å². The van der Waals surface area contributed by atoms with Crippen molar-refractivity contribution in [2.45, 2.75) is 26.7 Å². The van der Waals surface area contributed by atoms with E-state index >= 15 is 0 Å². The fourth-order valence-corrected chi connectivity index (χ4v) is 2.57. The summed E-state index contributed by atoms with van der Waals surface area (Å²) in [4.78, 5) is 12.5. The van der Waals surface area contributed by atoms with E-state index < -0.39 is 0 Å². The van der Waals surface area contributed by atoms with Crippen molar-refractivity contribution in [1.82, 2.24) is 15.0 Å². The van der Waals surface area contributed by atoms with Crippen LogP contribution in [-0.4, -0.2) is 26.0 Å². The van der Waals surface area contributed by atoms with E-state index in [1.165, 1.54) is 0 Å². The highest BCUT2D eigenvalue weighted by Crippen LogP contribution is 2.31. The Bertz CT molecular complexity index is 901. The van der Waals surface area contributed by atoms with Gasteiger partial charge in [0.2, 0.25) is 0 Å². The van der Waals surface area contributed by atoms with E-state index in [4.69, 9.17) is 0 Å². The van der Waals surface area contributed by atoms with E-state index in [9.17, 15) is 9.90 Å². The third kappa shape index (κ3) is 3.52. The number of aromatic hydroxyl groups is 1. The van der Waals surface area contributed by atoms with Gasteiger partial charge in [-0.2, -0.15) is 0 Å². The molecule has 3 rings (SSSR count). The molecular formula is C19H20N4O2. The van der Waals surface area contributed by atoms with Gasteiger partial charge in [0.15, 0.2) is 5.69 Å². The van der Waals surface area contributed by atoms with Gasteiger partial charge in [-0.15, -0.1) is 5.10 Å². The highest BCUT2D eigenvalue weighted by molar-refractivity contribution is 6.03. The molecule has 1 heterocycles. The van der Waals surface area contributed by atoms with Crippen LogP contribution in [0, 0.1) is 6.92 Å². The maximum Gasteiger partial charge on any atom is 0.277 e. The first-order valence-corrected chi connectivity index (χ1v) is 8.08. The second-order valence-corrected chi connectivity index (χ2v) is 6.22. The van der Waals surface area contributed by atoms with Crippen LogP contribution in [0.1, 0.15) is 41.4 Å². The predicted molar refractivity (Wildman–Crippen MR) is 96.2 cm³/mol. The maximum atomic E-state index is 12.5. The largest absolute Gasteiger partial charge is 0.508 e. The third-order valence-corrected chi connectivity index (χ3v) is 3.99. The number of anilines is 1. The number of benzene rings is 2. The molecule has 0 fully saturated rings. The number of aromatic nitrogens is 3. The lowest BCUT2D eigenvalue weighted by Gasteiger charge is -2.14. The molecule has 6 heteroatoms. The minimum atomic E-state index is -0.342. The van der Waals surface area contributed by atoms with Crippen LogP contribution in [0.3, 0.4) is 0 Å². The Morgan fingerprint density at radius 3 is 2.60 bits per heavy atom. The first kappa shape index (κ1) is 16.7. The molecule has 0 atom stereocenters. The van der Waals surface area contributed by atoms with Gasteiger partial charge in [-0.1, -0.05) is 37.3 Å².